The van der Waals surface area contributed by atoms with Gasteiger partial charge in [0.15, 0.2) is 11.4 Å². The van der Waals surface area contributed by atoms with Gasteiger partial charge in [0.2, 0.25) is 0 Å². The van der Waals surface area contributed by atoms with Crippen LogP contribution in [0.2, 0.25) is 0 Å². The Labute approximate surface area is 131 Å². The number of ketones is 1. The van der Waals surface area contributed by atoms with Crippen molar-refractivity contribution in [3.8, 4) is 0 Å². The second-order valence-electron chi connectivity index (χ2n) is 5.29. The summed E-state index contributed by atoms with van der Waals surface area (Å²) in [5.74, 6) is -0.608. The summed E-state index contributed by atoms with van der Waals surface area (Å²) in [5, 5.41) is 10.5. The van der Waals surface area contributed by atoms with Crippen molar-refractivity contribution in [1.82, 2.24) is 9.55 Å². The van der Waals surface area contributed by atoms with Crippen molar-refractivity contribution in [1.29, 1.82) is 0 Å². The zero-order chi connectivity index (χ0) is 17.4. The van der Waals surface area contributed by atoms with E-state index in [0.29, 0.717) is 0 Å². The average molecular weight is 348 g/mol. The van der Waals surface area contributed by atoms with Crippen molar-refractivity contribution in [2.45, 2.75) is 38.2 Å². The summed E-state index contributed by atoms with van der Waals surface area (Å²) >= 11 is 0. The molecular weight excluding hydrogens is 331 g/mol. The number of aryl methyl sites for hydroxylation is 1. The van der Waals surface area contributed by atoms with Crippen LogP contribution in [0.5, 0.6) is 0 Å². The lowest BCUT2D eigenvalue weighted by Gasteiger charge is -2.24. The lowest BCUT2D eigenvalue weighted by molar-refractivity contribution is -0.143. The van der Waals surface area contributed by atoms with Crippen LogP contribution in [0.25, 0.3) is 0 Å². The van der Waals surface area contributed by atoms with E-state index in [-0.39, 0.29) is 12.0 Å². The van der Waals surface area contributed by atoms with Crippen LogP contribution < -0.4 is 11.2 Å². The number of aromatic nitrogens is 2. The van der Waals surface area contributed by atoms with Gasteiger partial charge in [-0.25, -0.2) is 4.79 Å². The molecule has 11 heteroatoms. The van der Waals surface area contributed by atoms with Gasteiger partial charge < -0.3 is 24.2 Å². The van der Waals surface area contributed by atoms with Crippen LogP contribution in [0, 0.1) is 6.92 Å². The maximum Gasteiger partial charge on any atom is 0.330 e. The quantitative estimate of drug-likeness (QED) is 0.478. The zero-order valence-electron chi connectivity index (χ0n) is 12.4. The highest BCUT2D eigenvalue weighted by Crippen LogP contribution is 2.38. The topological polar surface area (TPSA) is 151 Å². The van der Waals surface area contributed by atoms with E-state index in [1.165, 1.54) is 13.1 Å². The van der Waals surface area contributed by atoms with Gasteiger partial charge in [-0.1, -0.05) is 0 Å². The standard InChI is InChI=1S/C12H17N2O8P/c1-6-4-14(11(17)13-10(6)16)9-3-12(18,7(2)15)8(22-9)5-21-23(19)20/h4,8-9,18-20H,3,5H2,1-2H3,(H,13,16,17)/t8-,9-,12-/m1/s1. The molecule has 2 heterocycles. The lowest BCUT2D eigenvalue weighted by Crippen LogP contribution is -2.46. The molecule has 10 nitrogen and oxygen atoms in total. The first kappa shape index (κ1) is 17.9. The van der Waals surface area contributed by atoms with Gasteiger partial charge in [0.25, 0.3) is 5.56 Å². The third kappa shape index (κ3) is 3.57. The Hall–Kier alpha value is -1.42. The highest BCUT2D eigenvalue weighted by Gasteiger charge is 2.52. The predicted octanol–water partition coefficient (Wildman–Crippen LogP) is -1.32. The summed E-state index contributed by atoms with van der Waals surface area (Å²) in [4.78, 5) is 54.7. The minimum absolute atomic E-state index is 0.240. The monoisotopic (exact) mass is 348 g/mol. The average Bonchev–Trinajstić information content (AvgIpc) is 2.79. The number of aromatic amines is 1. The van der Waals surface area contributed by atoms with E-state index in [4.69, 9.17) is 14.5 Å². The van der Waals surface area contributed by atoms with Gasteiger partial charge in [0.05, 0.1) is 6.61 Å². The van der Waals surface area contributed by atoms with Crippen LogP contribution in [0.15, 0.2) is 15.8 Å². The molecule has 1 saturated heterocycles. The van der Waals surface area contributed by atoms with Crippen LogP contribution in [0.3, 0.4) is 0 Å². The van der Waals surface area contributed by atoms with Crippen LogP contribution in [0.4, 0.5) is 0 Å². The van der Waals surface area contributed by atoms with E-state index in [1.54, 1.807) is 0 Å². The molecule has 0 unspecified atom stereocenters. The molecule has 1 aromatic heterocycles. The molecule has 0 bridgehead atoms. The SMILES string of the molecule is CC(=O)[C@]1(O)C[C@H](n2cc(C)c(=O)[nH]c2=O)O[C@@H]1COP(O)O. The molecule has 0 amide bonds. The number of hydrogen-bond acceptors (Lipinski definition) is 8. The van der Waals surface area contributed by atoms with Crippen molar-refractivity contribution in [2.24, 2.45) is 0 Å². The fraction of sp³-hybridized carbons (Fsp3) is 0.583. The van der Waals surface area contributed by atoms with Crippen LogP contribution in [-0.2, 0) is 14.1 Å². The number of rotatable bonds is 5. The highest BCUT2D eigenvalue weighted by atomic mass is 31.2. The van der Waals surface area contributed by atoms with Crippen LogP contribution in [0.1, 0.15) is 25.1 Å². The lowest BCUT2D eigenvalue weighted by atomic mass is 9.91. The molecule has 23 heavy (non-hydrogen) atoms. The summed E-state index contributed by atoms with van der Waals surface area (Å²) in [6.07, 6.45) is -1.17. The van der Waals surface area contributed by atoms with Crippen molar-refractivity contribution >= 4 is 14.4 Å². The van der Waals surface area contributed by atoms with Crippen molar-refractivity contribution in [3.05, 3.63) is 32.6 Å². The molecule has 1 aromatic rings. The van der Waals surface area contributed by atoms with Gasteiger partial charge in [-0.3, -0.25) is 19.1 Å². The molecule has 1 aliphatic rings. The third-order valence-electron chi connectivity index (χ3n) is 3.75. The molecule has 0 aliphatic carbocycles. The highest BCUT2D eigenvalue weighted by molar-refractivity contribution is 7.39. The molecule has 3 atom stereocenters. The summed E-state index contributed by atoms with van der Waals surface area (Å²) in [7, 11) is -2.68. The Balaban J connectivity index is 2.33. The maximum atomic E-state index is 11.9. The van der Waals surface area contributed by atoms with E-state index in [2.05, 4.69) is 9.51 Å². The number of Topliss-reactive ketones (excluding diaryl/α,β-unsaturated/α-hetero) is 1. The Morgan fingerprint density at radius 1 is 1.57 bits per heavy atom. The first-order valence-corrected chi connectivity index (χ1v) is 7.83. The number of carbonyl (C=O) groups excluding carboxylic acids is 1. The van der Waals surface area contributed by atoms with Gasteiger partial charge >= 0.3 is 14.3 Å². The van der Waals surface area contributed by atoms with Gasteiger partial charge in [0.1, 0.15) is 12.3 Å². The fourth-order valence-electron chi connectivity index (χ4n) is 2.39. The summed E-state index contributed by atoms with van der Waals surface area (Å²) < 4.78 is 11.2. The van der Waals surface area contributed by atoms with Crippen molar-refractivity contribution < 1.29 is 28.9 Å². The number of nitrogens with zero attached hydrogens (tertiary/aromatic N) is 1. The van der Waals surface area contributed by atoms with Gasteiger partial charge in [-0.05, 0) is 13.8 Å². The first-order valence-electron chi connectivity index (χ1n) is 6.67. The Bertz CT molecular complexity index is 714. The number of carbonyl (C=O) groups is 1. The number of aliphatic hydroxyl groups is 1. The normalized spacial score (nSPS) is 27.6. The molecule has 2 rings (SSSR count). The summed E-state index contributed by atoms with van der Waals surface area (Å²) in [6.45, 7) is 2.20. The molecule has 0 radical (unpaired) electrons. The zero-order valence-corrected chi connectivity index (χ0v) is 13.3. The maximum absolute atomic E-state index is 11.9. The predicted molar refractivity (Wildman–Crippen MR) is 77.5 cm³/mol. The molecule has 1 aliphatic heterocycles. The first-order chi connectivity index (χ1) is 10.6. The molecule has 0 aromatic carbocycles. The molecule has 4 N–H and O–H groups in total. The minimum Gasteiger partial charge on any atom is -0.379 e. The van der Waals surface area contributed by atoms with Crippen LogP contribution >= 0.6 is 8.60 Å². The smallest absolute Gasteiger partial charge is 0.330 e. The molecule has 0 spiro atoms. The van der Waals surface area contributed by atoms with E-state index >= 15 is 0 Å². The molecule has 0 saturated carbocycles. The summed E-state index contributed by atoms with van der Waals surface area (Å²) in [5.41, 5.74) is -2.98. The third-order valence-corrected chi connectivity index (χ3v) is 4.13. The molecule has 1 fully saturated rings. The van der Waals surface area contributed by atoms with Crippen molar-refractivity contribution in [2.75, 3.05) is 6.61 Å². The molecular formula is C12H17N2O8P. The van der Waals surface area contributed by atoms with Gasteiger partial charge in [0, 0.05) is 18.2 Å². The van der Waals surface area contributed by atoms with E-state index in [0.717, 1.165) is 11.5 Å². The van der Waals surface area contributed by atoms with Crippen molar-refractivity contribution in [3.63, 3.8) is 0 Å². The molecule has 128 valence electrons. The largest absolute Gasteiger partial charge is 0.379 e. The Kier molecular flexibility index (Phi) is 5.14. The number of ether oxygens (including phenoxy) is 1. The Morgan fingerprint density at radius 2 is 2.22 bits per heavy atom. The fourth-order valence-corrected chi connectivity index (χ4v) is 2.66. The van der Waals surface area contributed by atoms with E-state index < -0.39 is 50.2 Å². The van der Waals surface area contributed by atoms with E-state index in [1.807, 2.05) is 0 Å². The van der Waals surface area contributed by atoms with Crippen LogP contribution in [-0.4, -0.2) is 48.5 Å². The minimum atomic E-state index is -2.68. The number of hydrogen-bond donors (Lipinski definition) is 4. The number of nitrogens with one attached hydrogen (secondary N) is 1. The second kappa shape index (κ2) is 6.60. The second-order valence-corrected chi connectivity index (χ2v) is 6.05. The Morgan fingerprint density at radius 3 is 2.78 bits per heavy atom. The van der Waals surface area contributed by atoms with Gasteiger partial charge in [-0.2, -0.15) is 0 Å². The van der Waals surface area contributed by atoms with Gasteiger partial charge in [-0.15, -0.1) is 0 Å². The summed E-state index contributed by atoms with van der Waals surface area (Å²) in [6, 6.07) is 0. The number of H-pyrrole nitrogens is 1. The van der Waals surface area contributed by atoms with E-state index in [9.17, 15) is 19.5 Å².